The van der Waals surface area contributed by atoms with E-state index in [0.717, 1.165) is 0 Å². The summed E-state index contributed by atoms with van der Waals surface area (Å²) in [6.45, 7) is 1.48. The maximum atomic E-state index is 11.3. The van der Waals surface area contributed by atoms with Crippen LogP contribution in [-0.2, 0) is 14.3 Å². The van der Waals surface area contributed by atoms with E-state index < -0.39 is 17.8 Å². The van der Waals surface area contributed by atoms with E-state index in [1.807, 2.05) is 6.07 Å². The Hall–Kier alpha value is -1.97. The summed E-state index contributed by atoms with van der Waals surface area (Å²) in [6, 6.07) is 8.87. The van der Waals surface area contributed by atoms with Crippen molar-refractivity contribution in [2.24, 2.45) is 10.9 Å². The number of carbonyl (C=O) groups is 2. The summed E-state index contributed by atoms with van der Waals surface area (Å²) >= 11 is 0. The van der Waals surface area contributed by atoms with Crippen LogP contribution in [0.5, 0.6) is 0 Å². The van der Waals surface area contributed by atoms with Gasteiger partial charge in [-0.15, -0.1) is 0 Å². The number of esters is 1. The zero-order valence-electron chi connectivity index (χ0n) is 8.14. The lowest BCUT2D eigenvalue weighted by Crippen LogP contribution is -2.31. The lowest BCUT2D eigenvalue weighted by atomic mass is 10.1. The summed E-state index contributed by atoms with van der Waals surface area (Å²) in [5, 5.41) is 0. The van der Waals surface area contributed by atoms with E-state index in [-0.39, 0.29) is 5.90 Å². The molecule has 0 fully saturated rings. The molecule has 0 aliphatic carbocycles. The quantitative estimate of drug-likeness (QED) is 0.508. The summed E-state index contributed by atoms with van der Waals surface area (Å²) < 4.78 is 4.95. The van der Waals surface area contributed by atoms with E-state index in [1.54, 1.807) is 24.3 Å². The zero-order valence-corrected chi connectivity index (χ0v) is 8.14. The molecule has 0 saturated carbocycles. The first kappa shape index (κ1) is 9.58. The van der Waals surface area contributed by atoms with Crippen molar-refractivity contribution in [3.63, 3.8) is 0 Å². The van der Waals surface area contributed by atoms with E-state index in [4.69, 9.17) is 4.74 Å². The number of aliphatic imine (C=N–C) groups is 1. The fourth-order valence-electron chi connectivity index (χ4n) is 1.21. The van der Waals surface area contributed by atoms with Gasteiger partial charge in [0.1, 0.15) is 5.92 Å². The predicted molar refractivity (Wildman–Crippen MR) is 53.2 cm³/mol. The normalized spacial score (nSPS) is 20.9. The largest absolute Gasteiger partial charge is 0.406 e. The Morgan fingerprint density at radius 1 is 1.20 bits per heavy atom. The van der Waals surface area contributed by atoms with Crippen molar-refractivity contribution < 1.29 is 14.3 Å². The highest BCUT2D eigenvalue weighted by Crippen LogP contribution is 2.13. The molecule has 2 rings (SSSR count). The maximum Gasteiger partial charge on any atom is 0.325 e. The van der Waals surface area contributed by atoms with E-state index >= 15 is 0 Å². The summed E-state index contributed by atoms with van der Waals surface area (Å²) in [4.78, 5) is 26.3. The Kier molecular flexibility index (Phi) is 2.33. The molecule has 1 amide bonds. The first-order chi connectivity index (χ1) is 7.18. The summed E-state index contributed by atoms with van der Waals surface area (Å²) in [5.74, 6) is -1.71. The summed E-state index contributed by atoms with van der Waals surface area (Å²) in [5.41, 5.74) is 0.631. The molecule has 0 unspecified atom stereocenters. The molecule has 0 spiro atoms. The van der Waals surface area contributed by atoms with Gasteiger partial charge in [0.05, 0.1) is 0 Å². The number of rotatable bonds is 1. The fraction of sp³-hybridized carbons (Fsp3) is 0.182. The van der Waals surface area contributed by atoms with Gasteiger partial charge < -0.3 is 4.74 Å². The molecule has 0 aromatic heterocycles. The Morgan fingerprint density at radius 3 is 2.47 bits per heavy atom. The molecule has 0 N–H and O–H groups in total. The number of benzene rings is 1. The maximum absolute atomic E-state index is 11.3. The minimum atomic E-state index is -0.794. The van der Waals surface area contributed by atoms with Crippen molar-refractivity contribution in [3.8, 4) is 0 Å². The molecule has 0 radical (unpaired) electrons. The van der Waals surface area contributed by atoms with Crippen LogP contribution in [0.25, 0.3) is 0 Å². The molecule has 0 bridgehead atoms. The van der Waals surface area contributed by atoms with E-state index in [1.165, 1.54) is 6.92 Å². The SMILES string of the molecule is C[C@H]1C(=O)N=C(c2ccccc2)OC1=O. The van der Waals surface area contributed by atoms with Gasteiger partial charge in [-0.3, -0.25) is 9.59 Å². The molecule has 0 saturated heterocycles. The monoisotopic (exact) mass is 203 g/mol. The third-order valence-corrected chi connectivity index (χ3v) is 2.15. The smallest absolute Gasteiger partial charge is 0.325 e. The van der Waals surface area contributed by atoms with Gasteiger partial charge in [0.25, 0.3) is 5.91 Å². The van der Waals surface area contributed by atoms with Gasteiger partial charge in [0, 0.05) is 5.56 Å². The molecule has 1 heterocycles. The molecular weight excluding hydrogens is 194 g/mol. The second-order valence-corrected chi connectivity index (χ2v) is 3.26. The molecular formula is C11H9NO3. The first-order valence-corrected chi connectivity index (χ1v) is 4.58. The van der Waals surface area contributed by atoms with Crippen LogP contribution in [0.15, 0.2) is 35.3 Å². The van der Waals surface area contributed by atoms with Gasteiger partial charge >= 0.3 is 5.97 Å². The van der Waals surface area contributed by atoms with Gasteiger partial charge in [-0.1, -0.05) is 18.2 Å². The van der Waals surface area contributed by atoms with Crippen molar-refractivity contribution >= 4 is 17.8 Å². The Balaban J connectivity index is 2.36. The minimum Gasteiger partial charge on any atom is -0.406 e. The number of ether oxygens (including phenoxy) is 1. The van der Waals surface area contributed by atoms with Crippen LogP contribution in [0.1, 0.15) is 12.5 Å². The van der Waals surface area contributed by atoms with Crippen LogP contribution in [0, 0.1) is 5.92 Å². The molecule has 1 aliphatic rings. The predicted octanol–water partition coefficient (Wildman–Crippen LogP) is 1.15. The molecule has 1 aliphatic heterocycles. The molecule has 4 heteroatoms. The highest BCUT2D eigenvalue weighted by molar-refractivity contribution is 6.14. The number of hydrogen-bond donors (Lipinski definition) is 0. The van der Waals surface area contributed by atoms with Gasteiger partial charge in [-0.25, -0.2) is 0 Å². The van der Waals surface area contributed by atoms with Crippen LogP contribution in [0.4, 0.5) is 0 Å². The van der Waals surface area contributed by atoms with Crippen molar-refractivity contribution in [3.05, 3.63) is 35.9 Å². The second-order valence-electron chi connectivity index (χ2n) is 3.26. The van der Waals surface area contributed by atoms with Crippen LogP contribution in [0.3, 0.4) is 0 Å². The first-order valence-electron chi connectivity index (χ1n) is 4.58. The van der Waals surface area contributed by atoms with E-state index in [9.17, 15) is 9.59 Å². The summed E-state index contributed by atoms with van der Waals surface area (Å²) in [6.07, 6.45) is 0. The average Bonchev–Trinajstić information content (AvgIpc) is 2.26. The third kappa shape index (κ3) is 1.79. The van der Waals surface area contributed by atoms with Crippen molar-refractivity contribution in [2.75, 3.05) is 0 Å². The van der Waals surface area contributed by atoms with Crippen molar-refractivity contribution in [1.29, 1.82) is 0 Å². The standard InChI is InChI=1S/C11H9NO3/c1-7-9(13)12-10(15-11(7)14)8-5-3-2-4-6-8/h2-7H,1H3/t7-/m0/s1. The van der Waals surface area contributed by atoms with Crippen molar-refractivity contribution in [1.82, 2.24) is 0 Å². The second kappa shape index (κ2) is 3.65. The molecule has 1 aromatic rings. The van der Waals surface area contributed by atoms with Crippen LogP contribution in [-0.4, -0.2) is 17.8 Å². The highest BCUT2D eigenvalue weighted by Gasteiger charge is 2.30. The third-order valence-electron chi connectivity index (χ3n) is 2.15. The average molecular weight is 203 g/mol. The lowest BCUT2D eigenvalue weighted by molar-refractivity contribution is -0.145. The molecule has 4 nitrogen and oxygen atoms in total. The number of nitrogens with zero attached hydrogens (tertiary/aromatic N) is 1. The van der Waals surface area contributed by atoms with E-state index in [0.29, 0.717) is 5.56 Å². The van der Waals surface area contributed by atoms with Gasteiger partial charge in [0.2, 0.25) is 5.90 Å². The molecule has 15 heavy (non-hydrogen) atoms. The molecule has 1 aromatic carbocycles. The van der Waals surface area contributed by atoms with Crippen LogP contribution >= 0.6 is 0 Å². The van der Waals surface area contributed by atoms with Crippen LogP contribution < -0.4 is 0 Å². The Labute approximate surface area is 86.6 Å². The Bertz CT molecular complexity index is 436. The van der Waals surface area contributed by atoms with Gasteiger partial charge in [0.15, 0.2) is 0 Å². The number of hydrogen-bond acceptors (Lipinski definition) is 3. The van der Waals surface area contributed by atoms with Crippen molar-refractivity contribution in [2.45, 2.75) is 6.92 Å². The fourth-order valence-corrected chi connectivity index (χ4v) is 1.21. The summed E-state index contributed by atoms with van der Waals surface area (Å²) in [7, 11) is 0. The van der Waals surface area contributed by atoms with Crippen LogP contribution in [0.2, 0.25) is 0 Å². The zero-order chi connectivity index (χ0) is 10.8. The van der Waals surface area contributed by atoms with Gasteiger partial charge in [-0.05, 0) is 19.1 Å². The van der Waals surface area contributed by atoms with Gasteiger partial charge in [-0.2, -0.15) is 4.99 Å². The number of cyclic esters (lactones) is 1. The Morgan fingerprint density at radius 2 is 1.87 bits per heavy atom. The number of amides is 1. The number of carbonyl (C=O) groups excluding carboxylic acids is 2. The highest BCUT2D eigenvalue weighted by atomic mass is 16.5. The molecule has 1 atom stereocenters. The minimum absolute atomic E-state index is 0.0868. The molecule has 76 valence electrons. The lowest BCUT2D eigenvalue weighted by Gasteiger charge is -2.15. The topological polar surface area (TPSA) is 55.7 Å². The van der Waals surface area contributed by atoms with E-state index in [2.05, 4.69) is 4.99 Å².